The molecular formula is C16H28IN5. The summed E-state index contributed by atoms with van der Waals surface area (Å²) in [6, 6.07) is 4.72. The monoisotopic (exact) mass is 417 g/mol. The van der Waals surface area contributed by atoms with E-state index in [1.807, 2.05) is 19.3 Å². The van der Waals surface area contributed by atoms with Crippen molar-refractivity contribution in [1.29, 1.82) is 0 Å². The maximum Gasteiger partial charge on any atom is 0.191 e. The van der Waals surface area contributed by atoms with Crippen LogP contribution in [-0.4, -0.2) is 55.1 Å². The Labute approximate surface area is 151 Å². The van der Waals surface area contributed by atoms with Gasteiger partial charge in [0.2, 0.25) is 0 Å². The molecule has 1 atom stereocenters. The number of nitrogens with one attached hydrogen (secondary N) is 2. The van der Waals surface area contributed by atoms with Crippen LogP contribution in [0.2, 0.25) is 0 Å². The number of likely N-dealkylation sites (N-methyl/N-ethyl adjacent to an activating group) is 1. The highest BCUT2D eigenvalue weighted by atomic mass is 127. The summed E-state index contributed by atoms with van der Waals surface area (Å²) in [5.41, 5.74) is 1.24. The van der Waals surface area contributed by atoms with Crippen LogP contribution in [0.25, 0.3) is 0 Å². The molecule has 1 saturated heterocycles. The van der Waals surface area contributed by atoms with Gasteiger partial charge in [-0.15, -0.1) is 24.0 Å². The van der Waals surface area contributed by atoms with Gasteiger partial charge in [0.05, 0.1) is 0 Å². The Hall–Kier alpha value is -0.890. The van der Waals surface area contributed by atoms with Crippen LogP contribution in [0.15, 0.2) is 29.5 Å². The number of likely N-dealkylation sites (tertiary alicyclic amines) is 1. The van der Waals surface area contributed by atoms with Crippen LogP contribution < -0.4 is 10.6 Å². The highest BCUT2D eigenvalue weighted by Crippen LogP contribution is 2.15. The van der Waals surface area contributed by atoms with Crippen molar-refractivity contribution in [1.82, 2.24) is 20.5 Å². The zero-order valence-electron chi connectivity index (χ0n) is 13.6. The maximum atomic E-state index is 4.29. The second-order valence-corrected chi connectivity index (χ2v) is 5.42. The minimum absolute atomic E-state index is 0. The van der Waals surface area contributed by atoms with Gasteiger partial charge in [-0.3, -0.25) is 14.9 Å². The van der Waals surface area contributed by atoms with Crippen molar-refractivity contribution in [2.24, 2.45) is 4.99 Å². The fourth-order valence-corrected chi connectivity index (χ4v) is 2.85. The molecule has 2 heterocycles. The van der Waals surface area contributed by atoms with Gasteiger partial charge in [-0.25, -0.2) is 0 Å². The van der Waals surface area contributed by atoms with E-state index >= 15 is 0 Å². The standard InChI is InChI=1S/C16H27N5.HI/c1-3-21-11-5-7-15(21)13-20-16(17-2)19-10-8-14-6-4-9-18-12-14;/h4,6,9,12,15H,3,5,7-8,10-11,13H2,1-2H3,(H2,17,19,20);1H. The summed E-state index contributed by atoms with van der Waals surface area (Å²) in [4.78, 5) is 11.0. The van der Waals surface area contributed by atoms with E-state index in [2.05, 4.69) is 38.5 Å². The lowest BCUT2D eigenvalue weighted by molar-refractivity contribution is 0.267. The van der Waals surface area contributed by atoms with E-state index in [-0.39, 0.29) is 24.0 Å². The molecule has 1 aromatic rings. The highest BCUT2D eigenvalue weighted by Gasteiger charge is 2.22. The number of halogens is 1. The van der Waals surface area contributed by atoms with Gasteiger partial charge in [-0.05, 0) is 44.0 Å². The second kappa shape index (κ2) is 10.8. The summed E-state index contributed by atoms with van der Waals surface area (Å²) in [7, 11) is 1.83. The van der Waals surface area contributed by atoms with Gasteiger partial charge < -0.3 is 10.6 Å². The normalized spacial score (nSPS) is 18.8. The Bertz CT molecular complexity index is 437. The van der Waals surface area contributed by atoms with E-state index in [9.17, 15) is 0 Å². The van der Waals surface area contributed by atoms with E-state index < -0.39 is 0 Å². The molecule has 0 radical (unpaired) electrons. The smallest absolute Gasteiger partial charge is 0.191 e. The van der Waals surface area contributed by atoms with Crippen molar-refractivity contribution in [3.05, 3.63) is 30.1 Å². The van der Waals surface area contributed by atoms with E-state index in [4.69, 9.17) is 0 Å². The fourth-order valence-electron chi connectivity index (χ4n) is 2.85. The molecule has 1 unspecified atom stereocenters. The molecule has 1 fully saturated rings. The van der Waals surface area contributed by atoms with E-state index in [0.29, 0.717) is 6.04 Å². The maximum absolute atomic E-state index is 4.29. The van der Waals surface area contributed by atoms with Crippen LogP contribution in [0.4, 0.5) is 0 Å². The van der Waals surface area contributed by atoms with Gasteiger partial charge in [0.1, 0.15) is 0 Å². The first-order valence-corrected chi connectivity index (χ1v) is 7.91. The van der Waals surface area contributed by atoms with Gasteiger partial charge in [-0.2, -0.15) is 0 Å². The molecule has 1 aromatic heterocycles. The fraction of sp³-hybridized carbons (Fsp3) is 0.625. The predicted molar refractivity (Wildman–Crippen MR) is 103 cm³/mol. The summed E-state index contributed by atoms with van der Waals surface area (Å²) in [5.74, 6) is 0.891. The zero-order valence-corrected chi connectivity index (χ0v) is 15.9. The molecule has 6 heteroatoms. The number of rotatable bonds is 6. The number of aliphatic imine (C=N–C) groups is 1. The van der Waals surface area contributed by atoms with Crippen molar-refractivity contribution < 1.29 is 0 Å². The van der Waals surface area contributed by atoms with Crippen molar-refractivity contribution in [3.8, 4) is 0 Å². The molecule has 5 nitrogen and oxygen atoms in total. The van der Waals surface area contributed by atoms with Crippen LogP contribution in [-0.2, 0) is 6.42 Å². The van der Waals surface area contributed by atoms with Crippen LogP contribution in [0, 0.1) is 0 Å². The van der Waals surface area contributed by atoms with Gasteiger partial charge >= 0.3 is 0 Å². The summed E-state index contributed by atoms with van der Waals surface area (Å²) in [6.45, 7) is 6.45. The first-order valence-electron chi connectivity index (χ1n) is 7.91. The summed E-state index contributed by atoms with van der Waals surface area (Å²) < 4.78 is 0. The second-order valence-electron chi connectivity index (χ2n) is 5.42. The minimum atomic E-state index is 0. The lowest BCUT2D eigenvalue weighted by atomic mass is 10.2. The van der Waals surface area contributed by atoms with Gasteiger partial charge in [-0.1, -0.05) is 13.0 Å². The molecule has 0 bridgehead atoms. The summed E-state index contributed by atoms with van der Waals surface area (Å²) >= 11 is 0. The Morgan fingerprint density at radius 3 is 3.00 bits per heavy atom. The number of nitrogens with zero attached hydrogens (tertiary/aromatic N) is 3. The SMILES string of the molecule is CCN1CCCC1CNC(=NC)NCCc1cccnc1.I. The number of hydrogen-bond donors (Lipinski definition) is 2. The lowest BCUT2D eigenvalue weighted by Crippen LogP contribution is -2.45. The van der Waals surface area contributed by atoms with Crippen molar-refractivity contribution in [3.63, 3.8) is 0 Å². The molecule has 2 rings (SSSR count). The van der Waals surface area contributed by atoms with Crippen LogP contribution in [0.3, 0.4) is 0 Å². The molecule has 1 aliphatic heterocycles. The third-order valence-electron chi connectivity index (χ3n) is 4.06. The van der Waals surface area contributed by atoms with Crippen molar-refractivity contribution in [2.45, 2.75) is 32.2 Å². The molecule has 0 aliphatic carbocycles. The molecule has 124 valence electrons. The first kappa shape index (κ1) is 19.2. The lowest BCUT2D eigenvalue weighted by Gasteiger charge is -2.23. The van der Waals surface area contributed by atoms with Gasteiger partial charge in [0.25, 0.3) is 0 Å². The largest absolute Gasteiger partial charge is 0.356 e. The van der Waals surface area contributed by atoms with Crippen LogP contribution >= 0.6 is 24.0 Å². The minimum Gasteiger partial charge on any atom is -0.356 e. The Kier molecular flexibility index (Phi) is 9.38. The van der Waals surface area contributed by atoms with E-state index in [1.165, 1.54) is 24.9 Å². The third kappa shape index (κ3) is 6.08. The third-order valence-corrected chi connectivity index (χ3v) is 4.06. The Morgan fingerprint density at radius 2 is 2.32 bits per heavy atom. The molecule has 2 N–H and O–H groups in total. The number of pyridine rings is 1. The van der Waals surface area contributed by atoms with Gasteiger partial charge in [0, 0.05) is 38.6 Å². The predicted octanol–water partition coefficient (Wildman–Crippen LogP) is 1.89. The Balaban J connectivity index is 0.00000242. The highest BCUT2D eigenvalue weighted by molar-refractivity contribution is 14.0. The van der Waals surface area contributed by atoms with Crippen molar-refractivity contribution in [2.75, 3.05) is 33.2 Å². The van der Waals surface area contributed by atoms with Crippen molar-refractivity contribution >= 4 is 29.9 Å². The van der Waals surface area contributed by atoms with Crippen LogP contribution in [0.5, 0.6) is 0 Å². The summed E-state index contributed by atoms with van der Waals surface area (Å²) in [6.07, 6.45) is 7.27. The summed E-state index contributed by atoms with van der Waals surface area (Å²) in [5, 5.41) is 6.81. The zero-order chi connectivity index (χ0) is 14.9. The molecule has 0 spiro atoms. The molecule has 0 saturated carbocycles. The quantitative estimate of drug-likeness (QED) is 0.422. The molecule has 22 heavy (non-hydrogen) atoms. The molecule has 1 aliphatic rings. The molecule has 0 aromatic carbocycles. The average molecular weight is 417 g/mol. The molecular weight excluding hydrogens is 389 g/mol. The first-order chi connectivity index (χ1) is 10.3. The number of hydrogen-bond acceptors (Lipinski definition) is 3. The Morgan fingerprint density at radius 1 is 1.45 bits per heavy atom. The van der Waals surface area contributed by atoms with Gasteiger partial charge in [0.15, 0.2) is 5.96 Å². The van der Waals surface area contributed by atoms with Crippen LogP contribution in [0.1, 0.15) is 25.3 Å². The topological polar surface area (TPSA) is 52.5 Å². The van der Waals surface area contributed by atoms with E-state index in [0.717, 1.165) is 32.0 Å². The average Bonchev–Trinajstić information content (AvgIpc) is 2.99. The number of guanidine groups is 1. The van der Waals surface area contributed by atoms with E-state index in [1.54, 1.807) is 6.20 Å². The molecule has 0 amide bonds. The number of aromatic nitrogens is 1.